The lowest BCUT2D eigenvalue weighted by Gasteiger charge is -2.35. The summed E-state index contributed by atoms with van der Waals surface area (Å²) in [5.74, 6) is 0.694. The van der Waals surface area contributed by atoms with Crippen molar-refractivity contribution in [2.24, 2.45) is 0 Å². The zero-order chi connectivity index (χ0) is 19.0. The first kappa shape index (κ1) is 18.3. The SMILES string of the molecule is Cc1[nH]nc(CN2CC[C@@H](Oc3ccc4c(c3)NC(=O)CC4)[C@H](O)C2)c1Cl. The standard InChI is InChI=1S/C19H23ClN4O3/c1-11-19(20)15(23-22-11)9-24-7-6-17(16(25)10-24)27-13-4-2-12-3-5-18(26)21-14(12)8-13/h2,4,8,16-17,25H,3,5-7,9-10H2,1H3,(H,21,26)(H,22,23)/t16-,17-/m1/s1. The van der Waals surface area contributed by atoms with Crippen molar-refractivity contribution in [2.45, 2.75) is 44.9 Å². The summed E-state index contributed by atoms with van der Waals surface area (Å²) in [5.41, 5.74) is 3.57. The van der Waals surface area contributed by atoms with Gasteiger partial charge in [0.2, 0.25) is 5.91 Å². The number of β-amino-alcohol motifs (C(OH)–C–C–N with tert-alkyl or cyclic N) is 1. The normalized spacial score (nSPS) is 23.0. The Labute approximate surface area is 162 Å². The van der Waals surface area contributed by atoms with E-state index < -0.39 is 6.10 Å². The Morgan fingerprint density at radius 3 is 3.00 bits per heavy atom. The monoisotopic (exact) mass is 390 g/mol. The number of aromatic amines is 1. The highest BCUT2D eigenvalue weighted by atomic mass is 35.5. The summed E-state index contributed by atoms with van der Waals surface area (Å²) < 4.78 is 6.02. The van der Waals surface area contributed by atoms with Crippen molar-refractivity contribution in [3.8, 4) is 5.75 Å². The molecular formula is C19H23ClN4O3. The number of amides is 1. The van der Waals surface area contributed by atoms with Crippen LogP contribution in [0.4, 0.5) is 5.69 Å². The Morgan fingerprint density at radius 2 is 2.26 bits per heavy atom. The van der Waals surface area contributed by atoms with Crippen LogP contribution in [0.3, 0.4) is 0 Å². The summed E-state index contributed by atoms with van der Waals surface area (Å²) in [6.45, 7) is 3.76. The number of hydrogen-bond donors (Lipinski definition) is 3. The molecule has 0 spiro atoms. The zero-order valence-electron chi connectivity index (χ0n) is 15.2. The van der Waals surface area contributed by atoms with E-state index >= 15 is 0 Å². The number of nitrogens with zero attached hydrogens (tertiary/aromatic N) is 2. The number of carbonyl (C=O) groups is 1. The van der Waals surface area contributed by atoms with Crippen molar-refractivity contribution < 1.29 is 14.6 Å². The lowest BCUT2D eigenvalue weighted by Crippen LogP contribution is -2.48. The topological polar surface area (TPSA) is 90.5 Å². The highest BCUT2D eigenvalue weighted by molar-refractivity contribution is 6.31. The van der Waals surface area contributed by atoms with Gasteiger partial charge in [0.15, 0.2) is 0 Å². The number of aryl methyl sites for hydroxylation is 2. The Hall–Kier alpha value is -2.09. The van der Waals surface area contributed by atoms with Gasteiger partial charge in [-0.15, -0.1) is 0 Å². The van der Waals surface area contributed by atoms with E-state index in [4.69, 9.17) is 16.3 Å². The molecule has 2 aliphatic rings. The highest BCUT2D eigenvalue weighted by Crippen LogP contribution is 2.29. The number of likely N-dealkylation sites (tertiary alicyclic amines) is 1. The molecule has 1 amide bonds. The number of aliphatic hydroxyl groups is 1. The van der Waals surface area contributed by atoms with Gasteiger partial charge in [0, 0.05) is 37.8 Å². The quantitative estimate of drug-likeness (QED) is 0.745. The number of benzene rings is 1. The van der Waals surface area contributed by atoms with Crippen LogP contribution < -0.4 is 10.1 Å². The first-order valence-corrected chi connectivity index (χ1v) is 9.56. The highest BCUT2D eigenvalue weighted by Gasteiger charge is 2.30. The number of fused-ring (bicyclic) bond motifs is 1. The van der Waals surface area contributed by atoms with Crippen molar-refractivity contribution in [3.63, 3.8) is 0 Å². The van der Waals surface area contributed by atoms with E-state index in [0.717, 1.165) is 35.6 Å². The second-order valence-electron chi connectivity index (χ2n) is 7.22. The minimum atomic E-state index is -0.608. The van der Waals surface area contributed by atoms with E-state index in [1.807, 2.05) is 25.1 Å². The van der Waals surface area contributed by atoms with Crippen LogP contribution in [-0.2, 0) is 17.8 Å². The van der Waals surface area contributed by atoms with Crippen LogP contribution in [-0.4, -0.2) is 51.4 Å². The maximum Gasteiger partial charge on any atom is 0.224 e. The van der Waals surface area contributed by atoms with E-state index in [1.165, 1.54) is 0 Å². The zero-order valence-corrected chi connectivity index (χ0v) is 15.9. The van der Waals surface area contributed by atoms with Crippen molar-refractivity contribution >= 4 is 23.2 Å². The molecule has 144 valence electrons. The van der Waals surface area contributed by atoms with E-state index in [1.54, 1.807) is 0 Å². The fourth-order valence-electron chi connectivity index (χ4n) is 3.64. The molecule has 0 bridgehead atoms. The van der Waals surface area contributed by atoms with Crippen molar-refractivity contribution in [3.05, 3.63) is 40.2 Å². The summed E-state index contributed by atoms with van der Waals surface area (Å²) in [4.78, 5) is 13.7. The molecule has 8 heteroatoms. The third kappa shape index (κ3) is 3.95. The fourth-order valence-corrected chi connectivity index (χ4v) is 3.78. The van der Waals surface area contributed by atoms with Gasteiger partial charge in [-0.25, -0.2) is 0 Å². The number of anilines is 1. The molecule has 7 nitrogen and oxygen atoms in total. The molecule has 0 aliphatic carbocycles. The molecule has 2 aliphatic heterocycles. The number of aromatic nitrogens is 2. The van der Waals surface area contributed by atoms with Gasteiger partial charge in [0.25, 0.3) is 0 Å². The summed E-state index contributed by atoms with van der Waals surface area (Å²) in [7, 11) is 0. The Balaban J connectivity index is 1.37. The predicted molar refractivity (Wildman–Crippen MR) is 102 cm³/mol. The molecule has 3 N–H and O–H groups in total. The lowest BCUT2D eigenvalue weighted by molar-refractivity contribution is -0.116. The van der Waals surface area contributed by atoms with E-state index in [0.29, 0.717) is 36.7 Å². The lowest BCUT2D eigenvalue weighted by atomic mass is 10.0. The van der Waals surface area contributed by atoms with Crippen LogP contribution in [0.25, 0.3) is 0 Å². The van der Waals surface area contributed by atoms with Crippen molar-refractivity contribution in [1.29, 1.82) is 0 Å². The molecule has 0 radical (unpaired) electrons. The number of halogens is 1. The van der Waals surface area contributed by atoms with Gasteiger partial charge in [-0.05, 0) is 31.4 Å². The molecule has 2 aromatic rings. The number of H-pyrrole nitrogens is 1. The number of hydrogen-bond acceptors (Lipinski definition) is 5. The van der Waals surface area contributed by atoms with Crippen molar-refractivity contribution in [2.75, 3.05) is 18.4 Å². The minimum Gasteiger partial charge on any atom is -0.488 e. The average Bonchev–Trinajstić information content (AvgIpc) is 2.96. The molecule has 1 aromatic heterocycles. The largest absolute Gasteiger partial charge is 0.488 e. The minimum absolute atomic E-state index is 0.0280. The van der Waals surface area contributed by atoms with Gasteiger partial charge < -0.3 is 15.2 Å². The maximum atomic E-state index is 11.6. The molecule has 1 fully saturated rings. The van der Waals surface area contributed by atoms with E-state index in [-0.39, 0.29) is 12.0 Å². The second-order valence-corrected chi connectivity index (χ2v) is 7.60. The van der Waals surface area contributed by atoms with Gasteiger partial charge in [-0.1, -0.05) is 17.7 Å². The molecule has 4 rings (SSSR count). The van der Waals surface area contributed by atoms with Crippen molar-refractivity contribution in [1.82, 2.24) is 15.1 Å². The molecule has 27 heavy (non-hydrogen) atoms. The van der Waals surface area contributed by atoms with Gasteiger partial charge >= 0.3 is 0 Å². The van der Waals surface area contributed by atoms with Crippen LogP contribution in [0.1, 0.15) is 29.8 Å². The summed E-state index contributed by atoms with van der Waals surface area (Å²) in [6, 6.07) is 5.73. The second kappa shape index (κ2) is 7.50. The van der Waals surface area contributed by atoms with Gasteiger partial charge in [-0.2, -0.15) is 5.10 Å². The number of aliphatic hydroxyl groups excluding tert-OH is 1. The van der Waals surface area contributed by atoms with Crippen LogP contribution in [0.15, 0.2) is 18.2 Å². The molecule has 0 unspecified atom stereocenters. The first-order chi connectivity index (χ1) is 13.0. The Bertz CT molecular complexity index is 853. The number of piperidine rings is 1. The summed E-state index contributed by atoms with van der Waals surface area (Å²) >= 11 is 6.23. The first-order valence-electron chi connectivity index (χ1n) is 9.19. The molecule has 1 aromatic carbocycles. The van der Waals surface area contributed by atoms with E-state index in [2.05, 4.69) is 20.4 Å². The molecule has 0 saturated carbocycles. The third-order valence-electron chi connectivity index (χ3n) is 5.18. The Morgan fingerprint density at radius 1 is 1.41 bits per heavy atom. The predicted octanol–water partition coefficient (Wildman–Crippen LogP) is 2.27. The number of rotatable bonds is 4. The van der Waals surface area contributed by atoms with Gasteiger partial charge in [0.1, 0.15) is 18.0 Å². The molecule has 3 heterocycles. The Kier molecular flexibility index (Phi) is 5.08. The summed E-state index contributed by atoms with van der Waals surface area (Å²) in [5, 5.41) is 21.2. The molecule has 2 atom stereocenters. The number of carbonyl (C=O) groups excluding carboxylic acids is 1. The fraction of sp³-hybridized carbons (Fsp3) is 0.474. The van der Waals surface area contributed by atoms with Gasteiger partial charge in [0.05, 0.1) is 16.4 Å². The maximum absolute atomic E-state index is 11.6. The van der Waals surface area contributed by atoms with Crippen LogP contribution in [0.5, 0.6) is 5.75 Å². The molecule has 1 saturated heterocycles. The van der Waals surface area contributed by atoms with Gasteiger partial charge in [-0.3, -0.25) is 14.8 Å². The average molecular weight is 391 g/mol. The molecular weight excluding hydrogens is 368 g/mol. The summed E-state index contributed by atoms with van der Waals surface area (Å²) in [6.07, 6.45) is 1.07. The number of nitrogens with one attached hydrogen (secondary N) is 2. The van der Waals surface area contributed by atoms with Crippen LogP contribution >= 0.6 is 11.6 Å². The third-order valence-corrected chi connectivity index (χ3v) is 5.68. The van der Waals surface area contributed by atoms with Crippen LogP contribution in [0.2, 0.25) is 5.02 Å². The smallest absolute Gasteiger partial charge is 0.224 e. The van der Waals surface area contributed by atoms with E-state index in [9.17, 15) is 9.90 Å². The van der Waals surface area contributed by atoms with Crippen LogP contribution in [0, 0.1) is 6.92 Å². The number of ether oxygens (including phenoxy) is 1.